The normalized spacial score (nSPS) is 13.0. The van der Waals surface area contributed by atoms with Crippen LogP contribution in [-0.4, -0.2) is 5.11 Å². The van der Waals surface area contributed by atoms with E-state index in [1.165, 1.54) is 12.1 Å². The number of anilines is 1. The van der Waals surface area contributed by atoms with Gasteiger partial charge in [0.2, 0.25) is 0 Å². The maximum Gasteiger partial charge on any atom is 0.416 e. The molecule has 0 saturated heterocycles. The first-order chi connectivity index (χ1) is 9.77. The molecule has 2 aromatic carbocycles. The van der Waals surface area contributed by atoms with Gasteiger partial charge in [0.05, 0.1) is 11.6 Å². The number of nitrogens with one attached hydrogen (secondary N) is 1. The molecule has 0 saturated carbocycles. The second kappa shape index (κ2) is 5.85. The molecule has 21 heavy (non-hydrogen) atoms. The first-order valence-corrected chi connectivity index (χ1v) is 6.57. The Bertz CT molecular complexity index is 643. The lowest BCUT2D eigenvalue weighted by Crippen LogP contribution is -2.09. The maximum atomic E-state index is 12.7. The summed E-state index contributed by atoms with van der Waals surface area (Å²) in [5.41, 5.74) is 0.0126. The highest BCUT2D eigenvalue weighted by molar-refractivity contribution is 6.30. The van der Waals surface area contributed by atoms with Gasteiger partial charge in [0.1, 0.15) is 5.75 Å². The van der Waals surface area contributed by atoms with E-state index in [9.17, 15) is 18.3 Å². The number of para-hydroxylation sites is 1. The van der Waals surface area contributed by atoms with Crippen LogP contribution in [-0.2, 0) is 6.18 Å². The molecule has 0 spiro atoms. The molecule has 0 amide bonds. The zero-order valence-electron chi connectivity index (χ0n) is 11.1. The van der Waals surface area contributed by atoms with Gasteiger partial charge in [-0.25, -0.2) is 0 Å². The number of benzene rings is 2. The summed E-state index contributed by atoms with van der Waals surface area (Å²) < 4.78 is 38.2. The molecule has 1 unspecified atom stereocenters. The highest BCUT2D eigenvalue weighted by Gasteiger charge is 2.31. The van der Waals surface area contributed by atoms with Crippen LogP contribution in [0.5, 0.6) is 5.75 Å². The molecular formula is C15H13ClF3NO. The van der Waals surface area contributed by atoms with Crippen molar-refractivity contribution >= 4 is 17.3 Å². The van der Waals surface area contributed by atoms with Gasteiger partial charge in [-0.3, -0.25) is 0 Å². The Morgan fingerprint density at radius 1 is 1.14 bits per heavy atom. The minimum absolute atomic E-state index is 0.00295. The van der Waals surface area contributed by atoms with E-state index in [0.29, 0.717) is 5.56 Å². The van der Waals surface area contributed by atoms with Crippen LogP contribution in [0.15, 0.2) is 42.5 Å². The van der Waals surface area contributed by atoms with Crippen molar-refractivity contribution in [3.63, 3.8) is 0 Å². The molecule has 0 bridgehead atoms. The third-order valence-corrected chi connectivity index (χ3v) is 3.23. The van der Waals surface area contributed by atoms with E-state index in [4.69, 9.17) is 11.6 Å². The molecule has 1 atom stereocenters. The maximum absolute atomic E-state index is 12.7. The standard InChI is InChI=1S/C15H13ClF3NO/c1-9(13-4-2-3-5-14(13)21)20-12-7-10(15(17,18)19)6-11(16)8-12/h2-9,20-21H,1H3. The van der Waals surface area contributed by atoms with E-state index >= 15 is 0 Å². The lowest BCUT2D eigenvalue weighted by molar-refractivity contribution is -0.137. The second-order valence-electron chi connectivity index (χ2n) is 4.65. The monoisotopic (exact) mass is 315 g/mol. The molecule has 0 fully saturated rings. The van der Waals surface area contributed by atoms with Crippen molar-refractivity contribution in [3.05, 3.63) is 58.6 Å². The van der Waals surface area contributed by atoms with E-state index in [0.717, 1.165) is 12.1 Å². The average molecular weight is 316 g/mol. The molecule has 0 aliphatic carbocycles. The highest BCUT2D eigenvalue weighted by Crippen LogP contribution is 2.34. The number of hydrogen-bond acceptors (Lipinski definition) is 2. The summed E-state index contributed by atoms with van der Waals surface area (Å²) in [4.78, 5) is 0. The van der Waals surface area contributed by atoms with Crippen molar-refractivity contribution in [1.82, 2.24) is 0 Å². The molecule has 0 aromatic heterocycles. The lowest BCUT2D eigenvalue weighted by atomic mass is 10.1. The molecule has 0 heterocycles. The Morgan fingerprint density at radius 2 is 1.81 bits per heavy atom. The fourth-order valence-corrected chi connectivity index (χ4v) is 2.25. The molecule has 2 N–H and O–H groups in total. The third-order valence-electron chi connectivity index (χ3n) is 3.01. The topological polar surface area (TPSA) is 32.3 Å². The van der Waals surface area contributed by atoms with Crippen LogP contribution >= 0.6 is 11.6 Å². The minimum Gasteiger partial charge on any atom is -0.508 e. The van der Waals surface area contributed by atoms with Gasteiger partial charge in [-0.2, -0.15) is 13.2 Å². The number of hydrogen-bond donors (Lipinski definition) is 2. The van der Waals surface area contributed by atoms with Crippen molar-refractivity contribution < 1.29 is 18.3 Å². The summed E-state index contributed by atoms with van der Waals surface area (Å²) in [7, 11) is 0. The van der Waals surface area contributed by atoms with Crippen LogP contribution < -0.4 is 5.32 Å². The predicted octanol–water partition coefficient (Wildman–Crippen LogP) is 5.24. The fraction of sp³-hybridized carbons (Fsp3) is 0.200. The summed E-state index contributed by atoms with van der Waals surface area (Å²) in [6, 6.07) is 9.53. The van der Waals surface area contributed by atoms with Crippen molar-refractivity contribution in [3.8, 4) is 5.75 Å². The SMILES string of the molecule is CC(Nc1cc(Cl)cc(C(F)(F)F)c1)c1ccccc1O. The molecule has 0 radical (unpaired) electrons. The number of aromatic hydroxyl groups is 1. The molecule has 2 aromatic rings. The van der Waals surface area contributed by atoms with Crippen LogP contribution in [0.4, 0.5) is 18.9 Å². The summed E-state index contributed by atoms with van der Waals surface area (Å²) in [5, 5.41) is 12.7. The number of halogens is 4. The number of rotatable bonds is 3. The van der Waals surface area contributed by atoms with Crippen molar-refractivity contribution in [2.75, 3.05) is 5.32 Å². The summed E-state index contributed by atoms with van der Waals surface area (Å²) in [6.45, 7) is 1.74. The largest absolute Gasteiger partial charge is 0.508 e. The fourth-order valence-electron chi connectivity index (χ4n) is 2.02. The Hall–Kier alpha value is -1.88. The smallest absolute Gasteiger partial charge is 0.416 e. The first kappa shape index (κ1) is 15.5. The van der Waals surface area contributed by atoms with Gasteiger partial charge < -0.3 is 10.4 Å². The Morgan fingerprint density at radius 3 is 2.43 bits per heavy atom. The average Bonchev–Trinajstić information content (AvgIpc) is 2.37. The van der Waals surface area contributed by atoms with Crippen LogP contribution in [0, 0.1) is 0 Å². The van der Waals surface area contributed by atoms with Crippen molar-refractivity contribution in [1.29, 1.82) is 0 Å². The van der Waals surface area contributed by atoms with Gasteiger partial charge in [0.15, 0.2) is 0 Å². The summed E-state index contributed by atoms with van der Waals surface area (Å²) in [6.07, 6.45) is -4.46. The number of alkyl halides is 3. The van der Waals surface area contributed by atoms with Gasteiger partial charge in [0.25, 0.3) is 0 Å². The van der Waals surface area contributed by atoms with E-state index in [-0.39, 0.29) is 22.5 Å². The van der Waals surface area contributed by atoms with Crippen LogP contribution in [0.2, 0.25) is 5.02 Å². The Labute approximate surface area is 125 Å². The minimum atomic E-state index is -4.46. The van der Waals surface area contributed by atoms with Crippen LogP contribution in [0.25, 0.3) is 0 Å². The molecule has 2 rings (SSSR count). The molecule has 112 valence electrons. The van der Waals surface area contributed by atoms with Gasteiger partial charge >= 0.3 is 6.18 Å². The number of phenolic OH excluding ortho intramolecular Hbond substituents is 1. The Kier molecular flexibility index (Phi) is 4.32. The molecule has 6 heteroatoms. The van der Waals surface area contributed by atoms with Crippen molar-refractivity contribution in [2.24, 2.45) is 0 Å². The van der Waals surface area contributed by atoms with Crippen molar-refractivity contribution in [2.45, 2.75) is 19.1 Å². The summed E-state index contributed by atoms with van der Waals surface area (Å²) >= 11 is 5.73. The van der Waals surface area contributed by atoms with Gasteiger partial charge in [0, 0.05) is 16.3 Å². The predicted molar refractivity (Wildman–Crippen MR) is 76.6 cm³/mol. The molecule has 0 aliphatic heterocycles. The summed E-state index contributed by atoms with van der Waals surface area (Å²) in [5.74, 6) is 0.0792. The second-order valence-corrected chi connectivity index (χ2v) is 5.09. The Balaban J connectivity index is 2.28. The van der Waals surface area contributed by atoms with Crippen LogP contribution in [0.3, 0.4) is 0 Å². The molecule has 2 nitrogen and oxygen atoms in total. The van der Waals surface area contributed by atoms with E-state index in [2.05, 4.69) is 5.32 Å². The van der Waals surface area contributed by atoms with E-state index in [1.807, 2.05) is 0 Å². The first-order valence-electron chi connectivity index (χ1n) is 6.19. The van der Waals surface area contributed by atoms with Crippen LogP contribution in [0.1, 0.15) is 24.1 Å². The molecule has 0 aliphatic rings. The highest BCUT2D eigenvalue weighted by atomic mass is 35.5. The zero-order valence-corrected chi connectivity index (χ0v) is 11.8. The van der Waals surface area contributed by atoms with Gasteiger partial charge in [-0.05, 0) is 31.2 Å². The van der Waals surface area contributed by atoms with Gasteiger partial charge in [-0.15, -0.1) is 0 Å². The number of phenols is 1. The zero-order chi connectivity index (χ0) is 15.6. The quantitative estimate of drug-likeness (QED) is 0.812. The van der Waals surface area contributed by atoms with E-state index < -0.39 is 11.7 Å². The van der Waals surface area contributed by atoms with E-state index in [1.54, 1.807) is 25.1 Å². The lowest BCUT2D eigenvalue weighted by Gasteiger charge is -2.18. The molecular weight excluding hydrogens is 303 g/mol. The third kappa shape index (κ3) is 3.82. The van der Waals surface area contributed by atoms with Gasteiger partial charge in [-0.1, -0.05) is 29.8 Å².